The number of aromatic hydroxyl groups is 1. The second-order valence-electron chi connectivity index (χ2n) is 6.50. The van der Waals surface area contributed by atoms with Crippen LogP contribution in [0.2, 0.25) is 0 Å². The van der Waals surface area contributed by atoms with Gasteiger partial charge in [0.25, 0.3) is 0 Å². The van der Waals surface area contributed by atoms with Gasteiger partial charge in [0.15, 0.2) is 0 Å². The van der Waals surface area contributed by atoms with E-state index in [9.17, 15) is 5.11 Å². The Labute approximate surface area is 147 Å². The molecule has 0 saturated carbocycles. The zero-order valence-corrected chi connectivity index (χ0v) is 14.2. The van der Waals surface area contributed by atoms with Crippen molar-refractivity contribution in [3.05, 3.63) is 77.4 Å². The molecule has 0 aliphatic carbocycles. The smallest absolute Gasteiger partial charge is 0.137 e. The molecule has 1 aromatic heterocycles. The highest BCUT2D eigenvalue weighted by atomic mass is 16.3. The average molecular weight is 334 g/mol. The molecule has 5 nitrogen and oxygen atoms in total. The quantitative estimate of drug-likeness (QED) is 0.797. The molecule has 25 heavy (non-hydrogen) atoms. The maximum Gasteiger partial charge on any atom is 0.137 e. The third kappa shape index (κ3) is 3.56. The van der Waals surface area contributed by atoms with E-state index in [1.165, 1.54) is 5.56 Å². The number of nitrogens with zero attached hydrogens (tertiary/aromatic N) is 4. The van der Waals surface area contributed by atoms with E-state index in [2.05, 4.69) is 43.9 Å². The first-order chi connectivity index (χ1) is 12.3. The fraction of sp³-hybridized carbons (Fsp3) is 0.300. The van der Waals surface area contributed by atoms with E-state index in [0.29, 0.717) is 5.75 Å². The van der Waals surface area contributed by atoms with Crippen molar-refractivity contribution in [3.63, 3.8) is 0 Å². The number of para-hydroxylation sites is 1. The lowest BCUT2D eigenvalue weighted by Crippen LogP contribution is -2.26. The molecule has 2 aromatic carbocycles. The molecule has 1 aliphatic rings. The van der Waals surface area contributed by atoms with Crippen LogP contribution in [0.4, 0.5) is 0 Å². The maximum atomic E-state index is 10.00. The van der Waals surface area contributed by atoms with Crippen molar-refractivity contribution in [2.75, 3.05) is 13.1 Å². The van der Waals surface area contributed by atoms with Crippen LogP contribution in [0.25, 0.3) is 0 Å². The van der Waals surface area contributed by atoms with Crippen molar-refractivity contribution in [3.8, 4) is 5.75 Å². The van der Waals surface area contributed by atoms with Crippen LogP contribution >= 0.6 is 0 Å². The fourth-order valence-corrected chi connectivity index (χ4v) is 3.38. The predicted molar refractivity (Wildman–Crippen MR) is 96.4 cm³/mol. The Hall–Kier alpha value is -2.66. The number of rotatable bonds is 4. The molecule has 5 heteroatoms. The van der Waals surface area contributed by atoms with Crippen molar-refractivity contribution >= 4 is 0 Å². The highest BCUT2D eigenvalue weighted by Gasteiger charge is 2.19. The molecular formula is C20H22N4O. The topological polar surface area (TPSA) is 54.2 Å². The van der Waals surface area contributed by atoms with Gasteiger partial charge in [-0.1, -0.05) is 48.5 Å². The van der Waals surface area contributed by atoms with E-state index in [1.807, 2.05) is 24.3 Å². The molecule has 0 amide bonds. The Morgan fingerprint density at radius 3 is 2.52 bits per heavy atom. The van der Waals surface area contributed by atoms with Crippen LogP contribution < -0.4 is 0 Å². The zero-order chi connectivity index (χ0) is 17.1. The average Bonchev–Trinajstić information content (AvgIpc) is 2.90. The molecule has 0 bridgehead atoms. The Morgan fingerprint density at radius 2 is 1.68 bits per heavy atom. The number of hydrogen-bond donors (Lipinski definition) is 1. The van der Waals surface area contributed by atoms with Crippen molar-refractivity contribution in [2.24, 2.45) is 0 Å². The SMILES string of the molecule is Oc1ccccc1CN1CCc2nnc(Cc3ccccc3)n2CC1. The normalized spacial score (nSPS) is 14.9. The van der Waals surface area contributed by atoms with Gasteiger partial charge in [-0.05, 0) is 11.6 Å². The highest BCUT2D eigenvalue weighted by Crippen LogP contribution is 2.19. The van der Waals surface area contributed by atoms with Crippen molar-refractivity contribution in [2.45, 2.75) is 25.9 Å². The van der Waals surface area contributed by atoms with Crippen LogP contribution in [0.3, 0.4) is 0 Å². The van der Waals surface area contributed by atoms with Crippen LogP contribution in [-0.4, -0.2) is 37.9 Å². The second-order valence-corrected chi connectivity index (χ2v) is 6.50. The van der Waals surface area contributed by atoms with Gasteiger partial charge in [0.1, 0.15) is 17.4 Å². The predicted octanol–water partition coefficient (Wildman–Crippen LogP) is 2.63. The summed E-state index contributed by atoms with van der Waals surface area (Å²) in [5, 5.41) is 18.8. The molecule has 1 aliphatic heterocycles. The number of phenols is 1. The molecule has 128 valence electrons. The molecule has 0 saturated heterocycles. The van der Waals surface area contributed by atoms with E-state index in [4.69, 9.17) is 0 Å². The largest absolute Gasteiger partial charge is 0.508 e. The van der Waals surface area contributed by atoms with Crippen molar-refractivity contribution < 1.29 is 5.11 Å². The summed E-state index contributed by atoms with van der Waals surface area (Å²) < 4.78 is 2.26. The molecular weight excluding hydrogens is 312 g/mol. The molecule has 4 rings (SSSR count). The Balaban J connectivity index is 1.46. The number of phenolic OH excluding ortho intramolecular Hbond substituents is 1. The van der Waals surface area contributed by atoms with E-state index in [-0.39, 0.29) is 0 Å². The Kier molecular flexibility index (Phi) is 4.48. The summed E-state index contributed by atoms with van der Waals surface area (Å²) in [4.78, 5) is 2.37. The van der Waals surface area contributed by atoms with Crippen LogP contribution in [0, 0.1) is 0 Å². The first-order valence-electron chi connectivity index (χ1n) is 8.74. The van der Waals surface area contributed by atoms with Gasteiger partial charge in [0.2, 0.25) is 0 Å². The molecule has 0 fully saturated rings. The first-order valence-corrected chi connectivity index (χ1v) is 8.74. The molecule has 2 heterocycles. The molecule has 3 aromatic rings. The summed E-state index contributed by atoms with van der Waals surface area (Å²) in [7, 11) is 0. The monoisotopic (exact) mass is 334 g/mol. The van der Waals surface area contributed by atoms with Gasteiger partial charge in [-0.3, -0.25) is 4.90 Å². The Morgan fingerprint density at radius 1 is 0.880 bits per heavy atom. The highest BCUT2D eigenvalue weighted by molar-refractivity contribution is 5.31. The third-order valence-electron chi connectivity index (χ3n) is 4.79. The molecule has 1 N–H and O–H groups in total. The van der Waals surface area contributed by atoms with E-state index >= 15 is 0 Å². The lowest BCUT2D eigenvalue weighted by molar-refractivity contribution is 0.266. The number of benzene rings is 2. The first kappa shape index (κ1) is 15.8. The number of hydrogen-bond acceptors (Lipinski definition) is 4. The van der Waals surface area contributed by atoms with Gasteiger partial charge in [-0.15, -0.1) is 10.2 Å². The van der Waals surface area contributed by atoms with Crippen molar-refractivity contribution in [1.82, 2.24) is 19.7 Å². The van der Waals surface area contributed by atoms with Gasteiger partial charge >= 0.3 is 0 Å². The van der Waals surface area contributed by atoms with Gasteiger partial charge in [-0.25, -0.2) is 0 Å². The van der Waals surface area contributed by atoms with Gasteiger partial charge < -0.3 is 9.67 Å². The van der Waals surface area contributed by atoms with E-state index < -0.39 is 0 Å². The summed E-state index contributed by atoms with van der Waals surface area (Å²) in [6.07, 6.45) is 1.70. The van der Waals surface area contributed by atoms with Crippen LogP contribution in [0.15, 0.2) is 54.6 Å². The van der Waals surface area contributed by atoms with Crippen molar-refractivity contribution in [1.29, 1.82) is 0 Å². The minimum atomic E-state index is 0.371. The number of aromatic nitrogens is 3. The van der Waals surface area contributed by atoms with E-state index in [0.717, 1.165) is 56.2 Å². The second kappa shape index (κ2) is 7.07. The summed E-state index contributed by atoms with van der Waals surface area (Å²) in [6.45, 7) is 3.51. The van der Waals surface area contributed by atoms with Crippen LogP contribution in [0.1, 0.15) is 22.8 Å². The van der Waals surface area contributed by atoms with Gasteiger partial charge in [0, 0.05) is 44.6 Å². The van der Waals surface area contributed by atoms with Gasteiger partial charge in [-0.2, -0.15) is 0 Å². The molecule has 0 atom stereocenters. The lowest BCUT2D eigenvalue weighted by atomic mass is 10.1. The summed E-state index contributed by atoms with van der Waals surface area (Å²) in [5.74, 6) is 2.47. The lowest BCUT2D eigenvalue weighted by Gasteiger charge is -2.20. The summed E-state index contributed by atoms with van der Waals surface area (Å²) in [5.41, 5.74) is 2.23. The minimum Gasteiger partial charge on any atom is -0.508 e. The fourth-order valence-electron chi connectivity index (χ4n) is 3.38. The van der Waals surface area contributed by atoms with Crippen LogP contribution in [0.5, 0.6) is 5.75 Å². The Bertz CT molecular complexity index is 844. The summed E-state index contributed by atoms with van der Waals surface area (Å²) in [6, 6.07) is 18.0. The third-order valence-corrected chi connectivity index (χ3v) is 4.79. The molecule has 0 spiro atoms. The summed E-state index contributed by atoms with van der Waals surface area (Å²) >= 11 is 0. The number of fused-ring (bicyclic) bond motifs is 1. The van der Waals surface area contributed by atoms with E-state index in [1.54, 1.807) is 6.07 Å². The van der Waals surface area contributed by atoms with Crippen LogP contribution in [-0.2, 0) is 25.9 Å². The maximum absolute atomic E-state index is 10.00. The van der Waals surface area contributed by atoms with Gasteiger partial charge in [0.05, 0.1) is 0 Å². The molecule has 0 unspecified atom stereocenters. The standard InChI is InChI=1S/C20H22N4O/c25-18-9-5-4-8-17(18)15-23-11-10-19-21-22-20(24(19)13-12-23)14-16-6-2-1-3-7-16/h1-9,25H,10-15H2. The molecule has 0 radical (unpaired) electrons. The zero-order valence-electron chi connectivity index (χ0n) is 14.2. The minimum absolute atomic E-state index is 0.371.